The highest BCUT2D eigenvalue weighted by atomic mass is 32.1. The lowest BCUT2D eigenvalue weighted by atomic mass is 10.0. The predicted molar refractivity (Wildman–Crippen MR) is 110 cm³/mol. The molecule has 6 heteroatoms. The minimum absolute atomic E-state index is 0.0746. The molecule has 136 valence electrons. The van der Waals surface area contributed by atoms with Crippen LogP contribution in [-0.2, 0) is 0 Å². The van der Waals surface area contributed by atoms with Crippen molar-refractivity contribution in [3.05, 3.63) is 101 Å². The summed E-state index contributed by atoms with van der Waals surface area (Å²) in [4.78, 5) is 33.3. The number of hydrogen-bond acceptors (Lipinski definition) is 5. The molecule has 1 N–H and O–H groups in total. The van der Waals surface area contributed by atoms with Crippen molar-refractivity contribution in [3.63, 3.8) is 0 Å². The molecule has 2 aromatic carbocycles. The van der Waals surface area contributed by atoms with E-state index in [2.05, 4.69) is 15.3 Å². The van der Waals surface area contributed by atoms with Gasteiger partial charge in [0.15, 0.2) is 10.9 Å². The molecule has 0 fully saturated rings. The van der Waals surface area contributed by atoms with E-state index in [1.165, 1.54) is 11.3 Å². The molecule has 0 aliphatic rings. The molecular weight excluding hydrogens is 370 g/mol. The zero-order chi connectivity index (χ0) is 19.3. The third-order valence-corrected chi connectivity index (χ3v) is 4.90. The molecule has 0 radical (unpaired) electrons. The van der Waals surface area contributed by atoms with Crippen LogP contribution in [0, 0.1) is 0 Å². The second-order valence-electron chi connectivity index (χ2n) is 6.00. The Morgan fingerprint density at radius 3 is 2.14 bits per heavy atom. The van der Waals surface area contributed by atoms with Gasteiger partial charge in [-0.3, -0.25) is 19.9 Å². The zero-order valence-corrected chi connectivity index (χ0v) is 15.5. The first-order valence-electron chi connectivity index (χ1n) is 8.58. The van der Waals surface area contributed by atoms with Crippen LogP contribution in [0.4, 0.5) is 5.13 Å². The van der Waals surface area contributed by atoms with E-state index in [-0.39, 0.29) is 11.7 Å². The predicted octanol–water partition coefficient (Wildman–Crippen LogP) is 4.69. The van der Waals surface area contributed by atoms with Crippen molar-refractivity contribution in [2.45, 2.75) is 0 Å². The molecule has 0 aliphatic heterocycles. The lowest BCUT2D eigenvalue weighted by Crippen LogP contribution is -2.12. The van der Waals surface area contributed by atoms with E-state index in [1.807, 2.05) is 35.7 Å². The molecule has 4 aromatic rings. The Morgan fingerprint density at radius 1 is 0.786 bits per heavy atom. The number of rotatable bonds is 5. The fourth-order valence-corrected chi connectivity index (χ4v) is 3.40. The van der Waals surface area contributed by atoms with Crippen molar-refractivity contribution in [2.75, 3.05) is 5.32 Å². The van der Waals surface area contributed by atoms with Gasteiger partial charge in [-0.05, 0) is 24.3 Å². The summed E-state index contributed by atoms with van der Waals surface area (Å²) in [5.74, 6) is -0.344. The molecule has 28 heavy (non-hydrogen) atoms. The van der Waals surface area contributed by atoms with Crippen LogP contribution >= 0.6 is 11.3 Å². The molecular formula is C22H15N3O2S. The Bertz CT molecular complexity index is 1110. The summed E-state index contributed by atoms with van der Waals surface area (Å²) in [5, 5.41) is 5.19. The lowest BCUT2D eigenvalue weighted by molar-refractivity contribution is 0.102. The number of carbonyl (C=O) groups is 2. The molecule has 2 heterocycles. The summed E-state index contributed by atoms with van der Waals surface area (Å²) in [5.41, 5.74) is 3.34. The average Bonchev–Trinajstić information content (AvgIpc) is 3.23. The number of ketones is 1. The van der Waals surface area contributed by atoms with Gasteiger partial charge in [0.1, 0.15) is 0 Å². The van der Waals surface area contributed by atoms with Gasteiger partial charge >= 0.3 is 0 Å². The number of amides is 1. The first-order valence-corrected chi connectivity index (χ1v) is 9.46. The highest BCUT2D eigenvalue weighted by molar-refractivity contribution is 7.14. The third kappa shape index (κ3) is 3.87. The third-order valence-electron chi connectivity index (χ3n) is 4.15. The number of hydrogen-bond donors (Lipinski definition) is 1. The number of thiazole rings is 1. The number of nitrogens with zero attached hydrogens (tertiary/aromatic N) is 2. The van der Waals surface area contributed by atoms with Gasteiger partial charge in [0.05, 0.1) is 5.69 Å². The van der Waals surface area contributed by atoms with Gasteiger partial charge in [-0.1, -0.05) is 42.5 Å². The van der Waals surface area contributed by atoms with Crippen molar-refractivity contribution >= 4 is 28.2 Å². The van der Waals surface area contributed by atoms with Crippen LogP contribution in [0.25, 0.3) is 11.3 Å². The molecule has 0 saturated carbocycles. The van der Waals surface area contributed by atoms with Crippen LogP contribution in [0.1, 0.15) is 26.3 Å². The summed E-state index contributed by atoms with van der Waals surface area (Å²) in [6.07, 6.45) is 3.40. The molecule has 0 aliphatic carbocycles. The van der Waals surface area contributed by atoms with E-state index in [0.717, 1.165) is 11.3 Å². The van der Waals surface area contributed by atoms with Gasteiger partial charge in [-0.2, -0.15) is 0 Å². The number of carbonyl (C=O) groups excluding carboxylic acids is 2. The average molecular weight is 385 g/mol. The SMILES string of the molecule is O=C(Nc1nc(-c2ccncc2)cs1)c1ccc(C(=O)c2ccccc2)cc1. The van der Waals surface area contributed by atoms with E-state index < -0.39 is 0 Å². The van der Waals surface area contributed by atoms with Crippen LogP contribution in [0.2, 0.25) is 0 Å². The summed E-state index contributed by atoms with van der Waals surface area (Å²) < 4.78 is 0. The first kappa shape index (κ1) is 17.8. The topological polar surface area (TPSA) is 72.0 Å². The molecule has 4 rings (SSSR count). The number of aromatic nitrogens is 2. The Balaban J connectivity index is 1.46. The maximum Gasteiger partial charge on any atom is 0.257 e. The van der Waals surface area contributed by atoms with Gasteiger partial charge < -0.3 is 0 Å². The Kier molecular flexibility index (Phi) is 5.03. The van der Waals surface area contributed by atoms with Crippen molar-refractivity contribution in [1.82, 2.24) is 9.97 Å². The van der Waals surface area contributed by atoms with Crippen LogP contribution in [0.15, 0.2) is 84.5 Å². The molecule has 5 nitrogen and oxygen atoms in total. The summed E-state index contributed by atoms with van der Waals surface area (Å²) in [7, 11) is 0. The molecule has 1 amide bonds. The van der Waals surface area contributed by atoms with E-state index in [0.29, 0.717) is 21.8 Å². The maximum atomic E-state index is 12.5. The summed E-state index contributed by atoms with van der Waals surface area (Å²) in [6.45, 7) is 0. The van der Waals surface area contributed by atoms with Crippen molar-refractivity contribution in [2.24, 2.45) is 0 Å². The summed E-state index contributed by atoms with van der Waals surface area (Å²) in [6, 6.07) is 19.4. The molecule has 0 unspecified atom stereocenters. The largest absolute Gasteiger partial charge is 0.298 e. The number of nitrogens with one attached hydrogen (secondary N) is 1. The highest BCUT2D eigenvalue weighted by Crippen LogP contribution is 2.24. The van der Waals surface area contributed by atoms with Gasteiger partial charge in [0.2, 0.25) is 0 Å². The Labute approximate surface area is 165 Å². The molecule has 0 atom stereocenters. The van der Waals surface area contributed by atoms with Crippen LogP contribution < -0.4 is 5.32 Å². The van der Waals surface area contributed by atoms with E-state index >= 15 is 0 Å². The monoisotopic (exact) mass is 385 g/mol. The van der Waals surface area contributed by atoms with Crippen LogP contribution in [-0.4, -0.2) is 21.7 Å². The number of benzene rings is 2. The van der Waals surface area contributed by atoms with Crippen molar-refractivity contribution in [3.8, 4) is 11.3 Å². The fraction of sp³-hybridized carbons (Fsp3) is 0. The zero-order valence-electron chi connectivity index (χ0n) is 14.7. The standard InChI is InChI=1S/C22H15N3O2S/c26-20(16-4-2-1-3-5-16)17-6-8-18(9-7-17)21(27)25-22-24-19(14-28-22)15-10-12-23-13-11-15/h1-14H,(H,24,25,27). The second kappa shape index (κ2) is 7.94. The minimum atomic E-state index is -0.269. The molecule has 0 saturated heterocycles. The molecule has 0 bridgehead atoms. The van der Waals surface area contributed by atoms with Gasteiger partial charge in [0.25, 0.3) is 5.91 Å². The molecule has 0 spiro atoms. The second-order valence-corrected chi connectivity index (χ2v) is 6.86. The van der Waals surface area contributed by atoms with Gasteiger partial charge in [0, 0.05) is 40.0 Å². The van der Waals surface area contributed by atoms with E-state index in [1.54, 1.807) is 48.8 Å². The van der Waals surface area contributed by atoms with E-state index in [9.17, 15) is 9.59 Å². The van der Waals surface area contributed by atoms with Crippen LogP contribution in [0.5, 0.6) is 0 Å². The molecule has 2 aromatic heterocycles. The first-order chi connectivity index (χ1) is 13.7. The van der Waals surface area contributed by atoms with Gasteiger partial charge in [-0.25, -0.2) is 4.98 Å². The Hall–Kier alpha value is -3.64. The van der Waals surface area contributed by atoms with Gasteiger partial charge in [-0.15, -0.1) is 11.3 Å². The van der Waals surface area contributed by atoms with Crippen LogP contribution in [0.3, 0.4) is 0 Å². The fourth-order valence-electron chi connectivity index (χ4n) is 2.68. The van der Waals surface area contributed by atoms with Crippen molar-refractivity contribution in [1.29, 1.82) is 0 Å². The number of anilines is 1. The van der Waals surface area contributed by atoms with E-state index in [4.69, 9.17) is 0 Å². The smallest absolute Gasteiger partial charge is 0.257 e. The maximum absolute atomic E-state index is 12.5. The minimum Gasteiger partial charge on any atom is -0.298 e. The Morgan fingerprint density at radius 2 is 1.43 bits per heavy atom. The van der Waals surface area contributed by atoms with Crippen molar-refractivity contribution < 1.29 is 9.59 Å². The normalized spacial score (nSPS) is 10.4. The highest BCUT2D eigenvalue weighted by Gasteiger charge is 2.12. The quantitative estimate of drug-likeness (QED) is 0.506. The number of pyridine rings is 1. The summed E-state index contributed by atoms with van der Waals surface area (Å²) >= 11 is 1.36. The lowest BCUT2D eigenvalue weighted by Gasteiger charge is -2.04.